The first-order valence-corrected chi connectivity index (χ1v) is 7.44. The number of carbonyl (C=O) groups is 2. The molecule has 1 heterocycles. The molecule has 1 N–H and O–H groups in total. The second kappa shape index (κ2) is 8.42. The second-order valence-corrected chi connectivity index (χ2v) is 5.13. The number of esters is 1. The molecule has 5 heteroatoms. The SMILES string of the molecule is O=C(CCCC(=O)N1CCNCC1)OCc1ccccc1. The van der Waals surface area contributed by atoms with E-state index >= 15 is 0 Å². The number of nitrogens with one attached hydrogen (secondary N) is 1. The van der Waals surface area contributed by atoms with Crippen LogP contribution >= 0.6 is 0 Å². The summed E-state index contributed by atoms with van der Waals surface area (Å²) in [5, 5.41) is 3.21. The van der Waals surface area contributed by atoms with Crippen LogP contribution in [-0.2, 0) is 20.9 Å². The molecular formula is C16H22N2O3. The Balaban J connectivity index is 1.59. The van der Waals surface area contributed by atoms with Crippen molar-refractivity contribution >= 4 is 11.9 Å². The Labute approximate surface area is 125 Å². The van der Waals surface area contributed by atoms with Crippen LogP contribution in [0.2, 0.25) is 0 Å². The van der Waals surface area contributed by atoms with Crippen LogP contribution in [0.4, 0.5) is 0 Å². The van der Waals surface area contributed by atoms with Gasteiger partial charge in [-0.05, 0) is 12.0 Å². The predicted octanol–water partition coefficient (Wildman–Crippen LogP) is 1.33. The Morgan fingerprint density at radius 3 is 2.52 bits per heavy atom. The van der Waals surface area contributed by atoms with Crippen molar-refractivity contribution < 1.29 is 14.3 Å². The standard InChI is InChI=1S/C16H22N2O3/c19-15(18-11-9-17-10-12-18)7-4-8-16(20)21-13-14-5-2-1-3-6-14/h1-3,5-6,17H,4,7-13H2. The second-order valence-electron chi connectivity index (χ2n) is 5.13. The lowest BCUT2D eigenvalue weighted by molar-refractivity contribution is -0.145. The fourth-order valence-corrected chi connectivity index (χ4v) is 2.27. The maximum absolute atomic E-state index is 11.9. The van der Waals surface area contributed by atoms with Crippen LogP contribution in [0.5, 0.6) is 0 Å². The van der Waals surface area contributed by atoms with Crippen molar-refractivity contribution in [1.82, 2.24) is 10.2 Å². The minimum Gasteiger partial charge on any atom is -0.461 e. The summed E-state index contributed by atoms with van der Waals surface area (Å²) >= 11 is 0. The Morgan fingerprint density at radius 2 is 1.81 bits per heavy atom. The summed E-state index contributed by atoms with van der Waals surface area (Å²) in [5.74, 6) is -0.112. The van der Waals surface area contributed by atoms with Crippen LogP contribution in [-0.4, -0.2) is 43.0 Å². The largest absolute Gasteiger partial charge is 0.461 e. The zero-order chi connectivity index (χ0) is 14.9. The summed E-state index contributed by atoms with van der Waals surface area (Å²) in [7, 11) is 0. The topological polar surface area (TPSA) is 58.6 Å². The Hall–Kier alpha value is -1.88. The van der Waals surface area contributed by atoms with Gasteiger partial charge in [0, 0.05) is 39.0 Å². The molecule has 1 aromatic rings. The summed E-state index contributed by atoms with van der Waals surface area (Å²) in [6.45, 7) is 3.52. The molecule has 0 unspecified atom stereocenters. The number of ether oxygens (including phenoxy) is 1. The third-order valence-corrected chi connectivity index (χ3v) is 3.48. The first-order valence-electron chi connectivity index (χ1n) is 7.44. The van der Waals surface area contributed by atoms with Gasteiger partial charge < -0.3 is 15.0 Å². The third kappa shape index (κ3) is 5.55. The molecule has 0 spiro atoms. The van der Waals surface area contributed by atoms with E-state index in [1.54, 1.807) is 0 Å². The molecule has 2 rings (SSSR count). The number of benzene rings is 1. The van der Waals surface area contributed by atoms with Gasteiger partial charge in [-0.15, -0.1) is 0 Å². The van der Waals surface area contributed by atoms with E-state index in [0.29, 0.717) is 25.9 Å². The monoisotopic (exact) mass is 290 g/mol. The van der Waals surface area contributed by atoms with Crippen LogP contribution in [0.25, 0.3) is 0 Å². The van der Waals surface area contributed by atoms with Gasteiger partial charge in [0.05, 0.1) is 0 Å². The highest BCUT2D eigenvalue weighted by Gasteiger charge is 2.16. The smallest absolute Gasteiger partial charge is 0.306 e. The zero-order valence-corrected chi connectivity index (χ0v) is 12.2. The van der Waals surface area contributed by atoms with Gasteiger partial charge in [0.15, 0.2) is 0 Å². The van der Waals surface area contributed by atoms with Crippen molar-refractivity contribution in [2.45, 2.75) is 25.9 Å². The highest BCUT2D eigenvalue weighted by Crippen LogP contribution is 2.06. The van der Waals surface area contributed by atoms with Crippen LogP contribution in [0.1, 0.15) is 24.8 Å². The lowest BCUT2D eigenvalue weighted by Crippen LogP contribution is -2.46. The highest BCUT2D eigenvalue weighted by atomic mass is 16.5. The maximum atomic E-state index is 11.9. The van der Waals surface area contributed by atoms with Gasteiger partial charge in [-0.1, -0.05) is 30.3 Å². The Morgan fingerprint density at radius 1 is 1.10 bits per heavy atom. The fraction of sp³-hybridized carbons (Fsp3) is 0.500. The van der Waals surface area contributed by atoms with E-state index < -0.39 is 0 Å². The molecule has 1 amide bonds. The number of piperazine rings is 1. The quantitative estimate of drug-likeness (QED) is 0.803. The average molecular weight is 290 g/mol. The fourth-order valence-electron chi connectivity index (χ4n) is 2.27. The third-order valence-electron chi connectivity index (χ3n) is 3.48. The van der Waals surface area contributed by atoms with Crippen molar-refractivity contribution in [2.24, 2.45) is 0 Å². The Kier molecular flexibility index (Phi) is 6.22. The number of carbonyl (C=O) groups excluding carboxylic acids is 2. The molecule has 1 aliphatic heterocycles. The van der Waals surface area contributed by atoms with Gasteiger partial charge in [0.2, 0.25) is 5.91 Å². The Bertz CT molecular complexity index is 456. The van der Waals surface area contributed by atoms with Gasteiger partial charge in [0.25, 0.3) is 0 Å². The predicted molar refractivity (Wildman–Crippen MR) is 79.5 cm³/mol. The first kappa shape index (κ1) is 15.5. The number of nitrogens with zero attached hydrogens (tertiary/aromatic N) is 1. The number of amides is 1. The van der Waals surface area contributed by atoms with Crippen molar-refractivity contribution in [3.63, 3.8) is 0 Å². The van der Waals surface area contributed by atoms with Gasteiger partial charge in [-0.2, -0.15) is 0 Å². The molecule has 114 valence electrons. The van der Waals surface area contributed by atoms with E-state index in [1.165, 1.54) is 0 Å². The molecule has 1 fully saturated rings. The maximum Gasteiger partial charge on any atom is 0.306 e. The number of rotatable bonds is 6. The molecule has 1 saturated heterocycles. The molecule has 0 aliphatic carbocycles. The first-order chi connectivity index (χ1) is 10.3. The summed E-state index contributed by atoms with van der Waals surface area (Å²) in [6, 6.07) is 9.58. The van der Waals surface area contributed by atoms with Crippen molar-refractivity contribution in [2.75, 3.05) is 26.2 Å². The van der Waals surface area contributed by atoms with E-state index in [4.69, 9.17) is 4.74 Å². The van der Waals surface area contributed by atoms with E-state index in [-0.39, 0.29) is 11.9 Å². The molecule has 0 saturated carbocycles. The molecule has 0 radical (unpaired) electrons. The van der Waals surface area contributed by atoms with Crippen LogP contribution in [0.3, 0.4) is 0 Å². The lowest BCUT2D eigenvalue weighted by atomic mass is 10.2. The molecule has 5 nitrogen and oxygen atoms in total. The summed E-state index contributed by atoms with van der Waals surface area (Å²) in [4.78, 5) is 25.4. The zero-order valence-electron chi connectivity index (χ0n) is 12.2. The van der Waals surface area contributed by atoms with Crippen LogP contribution in [0.15, 0.2) is 30.3 Å². The molecule has 0 atom stereocenters. The van der Waals surface area contributed by atoms with Crippen LogP contribution in [0, 0.1) is 0 Å². The van der Waals surface area contributed by atoms with Crippen molar-refractivity contribution in [3.05, 3.63) is 35.9 Å². The summed E-state index contributed by atoms with van der Waals surface area (Å²) in [6.07, 6.45) is 1.27. The van der Waals surface area contributed by atoms with E-state index in [1.807, 2.05) is 35.2 Å². The molecule has 1 aromatic carbocycles. The molecule has 0 aromatic heterocycles. The van der Waals surface area contributed by atoms with E-state index in [9.17, 15) is 9.59 Å². The summed E-state index contributed by atoms with van der Waals surface area (Å²) in [5.41, 5.74) is 0.975. The van der Waals surface area contributed by atoms with Crippen molar-refractivity contribution in [1.29, 1.82) is 0 Å². The van der Waals surface area contributed by atoms with E-state index in [2.05, 4.69) is 5.32 Å². The lowest BCUT2D eigenvalue weighted by Gasteiger charge is -2.27. The number of hydrogen-bond acceptors (Lipinski definition) is 4. The average Bonchev–Trinajstić information content (AvgIpc) is 2.54. The van der Waals surface area contributed by atoms with E-state index in [0.717, 1.165) is 31.7 Å². The van der Waals surface area contributed by atoms with Gasteiger partial charge in [-0.3, -0.25) is 9.59 Å². The van der Waals surface area contributed by atoms with Crippen LogP contribution < -0.4 is 5.32 Å². The molecule has 1 aliphatic rings. The van der Waals surface area contributed by atoms with Gasteiger partial charge >= 0.3 is 5.97 Å². The minimum atomic E-state index is -0.244. The van der Waals surface area contributed by atoms with Gasteiger partial charge in [-0.25, -0.2) is 0 Å². The molecule has 21 heavy (non-hydrogen) atoms. The summed E-state index contributed by atoms with van der Waals surface area (Å²) < 4.78 is 5.18. The van der Waals surface area contributed by atoms with Gasteiger partial charge in [0.1, 0.15) is 6.61 Å². The van der Waals surface area contributed by atoms with Crippen molar-refractivity contribution in [3.8, 4) is 0 Å². The highest BCUT2D eigenvalue weighted by molar-refractivity contribution is 5.77. The normalized spacial score (nSPS) is 14.8. The number of hydrogen-bond donors (Lipinski definition) is 1. The minimum absolute atomic E-state index is 0.132. The molecular weight excluding hydrogens is 268 g/mol. The molecule has 0 bridgehead atoms.